The van der Waals surface area contributed by atoms with Crippen LogP contribution in [0, 0.1) is 23.7 Å². The summed E-state index contributed by atoms with van der Waals surface area (Å²) >= 11 is 0. The predicted octanol–water partition coefficient (Wildman–Crippen LogP) is 5.38. The van der Waals surface area contributed by atoms with E-state index in [1.807, 2.05) is 32.1 Å². The van der Waals surface area contributed by atoms with Crippen LogP contribution in [0.1, 0.15) is 92.4 Å². The Balaban J connectivity index is 1.24. The first-order chi connectivity index (χ1) is 25.8. The minimum absolute atomic E-state index is 0.00602. The van der Waals surface area contributed by atoms with Crippen LogP contribution in [0.5, 0.6) is 0 Å². The summed E-state index contributed by atoms with van der Waals surface area (Å²) in [5.41, 5.74) is 0.217. The molecule has 11 nitrogen and oxygen atoms in total. The van der Waals surface area contributed by atoms with Crippen molar-refractivity contribution in [2.24, 2.45) is 23.7 Å². The molecule has 1 spiro atoms. The Bertz CT molecular complexity index is 1510. The van der Waals surface area contributed by atoms with Gasteiger partial charge in [0.15, 0.2) is 12.1 Å². The lowest BCUT2D eigenvalue weighted by molar-refractivity contribution is -0.301. The van der Waals surface area contributed by atoms with Crippen molar-refractivity contribution in [1.82, 2.24) is 0 Å². The van der Waals surface area contributed by atoms with Crippen LogP contribution >= 0.6 is 0 Å². The van der Waals surface area contributed by atoms with Crippen LogP contribution in [-0.4, -0.2) is 108 Å². The third-order valence-electron chi connectivity index (χ3n) is 13.2. The summed E-state index contributed by atoms with van der Waals surface area (Å²) in [6.07, 6.45) is 15.5. The molecule has 300 valence electrons. The normalized spacial score (nSPS) is 47.9. The van der Waals surface area contributed by atoms with Gasteiger partial charge in [-0.25, -0.2) is 0 Å². The number of fused-ring (bicyclic) bond motifs is 2. The first kappa shape index (κ1) is 40.0. The predicted molar refractivity (Wildman–Crippen MR) is 200 cm³/mol. The van der Waals surface area contributed by atoms with Crippen molar-refractivity contribution in [3.63, 3.8) is 0 Å². The number of aliphatic hydroxyl groups excluding tert-OH is 2. The number of hydrogen-bond acceptors (Lipinski definition) is 11. The molecule has 4 fully saturated rings. The van der Waals surface area contributed by atoms with E-state index in [1.165, 1.54) is 19.3 Å². The maximum atomic E-state index is 14.3. The lowest BCUT2D eigenvalue weighted by atomic mass is 9.71. The maximum Gasteiger partial charge on any atom is 0.316 e. The highest BCUT2D eigenvalue weighted by Gasteiger charge is 2.60. The third kappa shape index (κ3) is 7.87. The zero-order valence-electron chi connectivity index (χ0n) is 32.8. The quantitative estimate of drug-likeness (QED) is 0.252. The van der Waals surface area contributed by atoms with Crippen LogP contribution in [0.2, 0.25) is 0 Å². The number of rotatable bonds is 4. The van der Waals surface area contributed by atoms with Crippen LogP contribution < -0.4 is 0 Å². The van der Waals surface area contributed by atoms with Gasteiger partial charge in [0.05, 0.1) is 37.1 Å². The molecule has 0 aromatic rings. The van der Waals surface area contributed by atoms with Gasteiger partial charge in [-0.15, -0.1) is 0 Å². The van der Waals surface area contributed by atoms with Gasteiger partial charge in [0, 0.05) is 38.2 Å². The van der Waals surface area contributed by atoms with E-state index in [2.05, 4.69) is 26.0 Å². The van der Waals surface area contributed by atoms with Gasteiger partial charge < -0.3 is 48.5 Å². The van der Waals surface area contributed by atoms with E-state index in [-0.39, 0.29) is 30.7 Å². The SMILES string of the molecule is CO[C@H]1C[C@H](O[C@@H]2/C(C)=C\C[C@@H]3C[C@@H](C[C@]4(C=C[C@H](C)[C@@H](C5CCCCC5)O4)O3)OC(=O)[C@@H]3C=C(C)[C@@H](O)[C@H]4OCC(=C/C=C\[C@@H]2C)[C@]43O)O[C@@H](C)[C@@H]1O. The van der Waals surface area contributed by atoms with Crippen molar-refractivity contribution in [3.8, 4) is 0 Å². The zero-order valence-corrected chi connectivity index (χ0v) is 32.8. The molecule has 0 aromatic carbocycles. The molecule has 7 aliphatic rings. The fourth-order valence-corrected chi connectivity index (χ4v) is 9.99. The van der Waals surface area contributed by atoms with Crippen molar-refractivity contribution >= 4 is 5.97 Å². The number of allylic oxidation sites excluding steroid dienone is 2. The lowest BCUT2D eigenvalue weighted by Gasteiger charge is -2.49. The molecule has 5 aliphatic heterocycles. The first-order valence-corrected chi connectivity index (χ1v) is 20.3. The Morgan fingerprint density at radius 2 is 1.72 bits per heavy atom. The first-order valence-electron chi connectivity index (χ1n) is 20.3. The van der Waals surface area contributed by atoms with E-state index in [9.17, 15) is 20.1 Å². The fraction of sp³-hybridized carbons (Fsp3) is 0.744. The van der Waals surface area contributed by atoms with E-state index >= 15 is 0 Å². The zero-order chi connectivity index (χ0) is 38.4. The van der Waals surface area contributed by atoms with Crippen molar-refractivity contribution in [2.45, 2.75) is 165 Å². The van der Waals surface area contributed by atoms with Gasteiger partial charge in [-0.3, -0.25) is 4.79 Å². The Morgan fingerprint density at radius 1 is 0.944 bits per heavy atom. The summed E-state index contributed by atoms with van der Waals surface area (Å²) in [4.78, 5) is 14.3. The Hall–Kier alpha value is -2.19. The second-order valence-electron chi connectivity index (χ2n) is 17.1. The summed E-state index contributed by atoms with van der Waals surface area (Å²) in [6, 6.07) is 0. The molecule has 5 heterocycles. The summed E-state index contributed by atoms with van der Waals surface area (Å²) in [6.45, 7) is 9.92. The highest BCUT2D eigenvalue weighted by Crippen LogP contribution is 2.47. The molecule has 7 rings (SSSR count). The summed E-state index contributed by atoms with van der Waals surface area (Å²) in [5.74, 6) is -2.20. The molecule has 15 atom stereocenters. The Labute approximate surface area is 320 Å². The van der Waals surface area contributed by atoms with Crippen molar-refractivity contribution in [3.05, 3.63) is 59.3 Å². The van der Waals surface area contributed by atoms with Crippen molar-refractivity contribution in [2.75, 3.05) is 13.7 Å². The van der Waals surface area contributed by atoms with Crippen molar-refractivity contribution in [1.29, 1.82) is 0 Å². The number of hydrogen-bond donors (Lipinski definition) is 3. The van der Waals surface area contributed by atoms with E-state index in [0.717, 1.165) is 18.4 Å². The minimum Gasteiger partial charge on any atom is -0.462 e. The highest BCUT2D eigenvalue weighted by molar-refractivity contribution is 5.78. The standard InChI is InChI=1S/C43H62O11/c1-24-11-10-14-30-23-49-40-36(44)27(4)19-33(43(30,40)47)41(46)51-32-20-31(16-15-25(2)38(24)52-35-21-34(48-6)37(45)28(5)50-35)53-42(22-32)18-17-26(3)39(54-42)29-12-8-7-9-13-29/h10-11,14-15,17-19,24,26,28-29,31-40,44-45,47H,7-9,12-13,16,20-23H2,1-6H3/b11-10-,25-15-,30-14?/t24-,26-,28-,31+,32-,33-,34-,35-,36+,37-,38-,39-,40+,42+,43+/m0/s1. The molecule has 1 saturated carbocycles. The van der Waals surface area contributed by atoms with Crippen LogP contribution in [0.4, 0.5) is 0 Å². The monoisotopic (exact) mass is 754 g/mol. The lowest BCUT2D eigenvalue weighted by Crippen LogP contribution is -2.58. The maximum absolute atomic E-state index is 14.3. The average Bonchev–Trinajstić information content (AvgIpc) is 3.49. The number of methoxy groups -OCH3 is 1. The van der Waals surface area contributed by atoms with Crippen molar-refractivity contribution < 1.29 is 53.3 Å². The van der Waals surface area contributed by atoms with Crippen LogP contribution in [-0.2, 0) is 38.0 Å². The van der Waals surface area contributed by atoms with Crippen LogP contribution in [0.3, 0.4) is 0 Å². The van der Waals surface area contributed by atoms with Gasteiger partial charge in [0.1, 0.15) is 35.9 Å². The largest absolute Gasteiger partial charge is 0.462 e. The molecule has 3 N–H and O–H groups in total. The minimum atomic E-state index is -1.81. The Morgan fingerprint density at radius 3 is 2.48 bits per heavy atom. The smallest absolute Gasteiger partial charge is 0.316 e. The van der Waals surface area contributed by atoms with Crippen LogP contribution in [0.15, 0.2) is 59.3 Å². The molecular formula is C43H62O11. The van der Waals surface area contributed by atoms with Gasteiger partial charge >= 0.3 is 5.97 Å². The fourth-order valence-electron chi connectivity index (χ4n) is 9.99. The highest BCUT2D eigenvalue weighted by atomic mass is 16.7. The number of aliphatic hydroxyl groups is 3. The molecule has 11 heteroatoms. The molecule has 0 unspecified atom stereocenters. The molecule has 0 amide bonds. The summed E-state index contributed by atoms with van der Waals surface area (Å²) in [7, 11) is 1.59. The summed E-state index contributed by atoms with van der Waals surface area (Å²) in [5, 5.41) is 34.2. The molecule has 0 radical (unpaired) electrons. The molecular weight excluding hydrogens is 692 g/mol. The summed E-state index contributed by atoms with van der Waals surface area (Å²) < 4.78 is 44.8. The molecule has 2 aliphatic carbocycles. The van der Waals surface area contributed by atoms with Gasteiger partial charge in [0.2, 0.25) is 0 Å². The van der Waals surface area contributed by atoms with E-state index < -0.39 is 72.3 Å². The van der Waals surface area contributed by atoms with E-state index in [1.54, 1.807) is 26.2 Å². The number of ether oxygens (including phenoxy) is 7. The second-order valence-corrected chi connectivity index (χ2v) is 17.1. The van der Waals surface area contributed by atoms with E-state index in [0.29, 0.717) is 42.7 Å². The Kier molecular flexibility index (Phi) is 12.1. The molecule has 3 saturated heterocycles. The molecule has 2 bridgehead atoms. The third-order valence-corrected chi connectivity index (χ3v) is 13.2. The number of carbonyl (C=O) groups excluding carboxylic acids is 1. The van der Waals surface area contributed by atoms with Gasteiger partial charge in [0.25, 0.3) is 0 Å². The number of esters is 1. The second kappa shape index (κ2) is 16.3. The van der Waals surface area contributed by atoms with E-state index in [4.69, 9.17) is 33.2 Å². The van der Waals surface area contributed by atoms with Gasteiger partial charge in [-0.1, -0.05) is 69.6 Å². The molecule has 0 aromatic heterocycles. The topological polar surface area (TPSA) is 142 Å². The van der Waals surface area contributed by atoms with Crippen LogP contribution in [0.25, 0.3) is 0 Å². The number of carbonyl (C=O) groups is 1. The molecule has 54 heavy (non-hydrogen) atoms. The van der Waals surface area contributed by atoms with Gasteiger partial charge in [-0.05, 0) is 68.7 Å². The van der Waals surface area contributed by atoms with Gasteiger partial charge in [-0.2, -0.15) is 0 Å². The average molecular weight is 755 g/mol.